The SMILES string of the molecule is Cc1nc(Cc2ccc(F)cc2F)sc1CNCC(C)C. The Kier molecular flexibility index (Phi) is 5.42. The van der Waals surface area contributed by atoms with Gasteiger partial charge in [-0.3, -0.25) is 0 Å². The molecule has 0 spiro atoms. The lowest BCUT2D eigenvalue weighted by atomic mass is 10.1. The van der Waals surface area contributed by atoms with Crippen LogP contribution in [0, 0.1) is 24.5 Å². The summed E-state index contributed by atoms with van der Waals surface area (Å²) in [7, 11) is 0. The Morgan fingerprint density at radius 3 is 2.71 bits per heavy atom. The quantitative estimate of drug-likeness (QED) is 0.870. The molecule has 0 fully saturated rings. The molecule has 0 saturated carbocycles. The van der Waals surface area contributed by atoms with Crippen molar-refractivity contribution in [2.24, 2.45) is 5.92 Å². The summed E-state index contributed by atoms with van der Waals surface area (Å²) < 4.78 is 26.6. The van der Waals surface area contributed by atoms with Crippen molar-refractivity contribution in [2.75, 3.05) is 6.54 Å². The van der Waals surface area contributed by atoms with E-state index in [1.807, 2.05) is 6.92 Å². The lowest BCUT2D eigenvalue weighted by Crippen LogP contribution is -2.18. The molecular weight excluding hydrogens is 290 g/mol. The smallest absolute Gasteiger partial charge is 0.129 e. The Morgan fingerprint density at radius 2 is 2.05 bits per heavy atom. The first kappa shape index (κ1) is 16.0. The van der Waals surface area contributed by atoms with Crippen molar-refractivity contribution < 1.29 is 8.78 Å². The Labute approximate surface area is 128 Å². The summed E-state index contributed by atoms with van der Waals surface area (Å²) in [5.74, 6) is -0.460. The average molecular weight is 310 g/mol. The van der Waals surface area contributed by atoms with Gasteiger partial charge in [-0.1, -0.05) is 19.9 Å². The predicted octanol–water partition coefficient (Wildman–Crippen LogP) is 4.07. The van der Waals surface area contributed by atoms with E-state index in [0.29, 0.717) is 17.9 Å². The van der Waals surface area contributed by atoms with E-state index in [0.717, 1.165) is 29.9 Å². The first-order valence-electron chi connectivity index (χ1n) is 7.05. The molecule has 0 aliphatic heterocycles. The van der Waals surface area contributed by atoms with E-state index in [1.165, 1.54) is 17.0 Å². The predicted molar refractivity (Wildman–Crippen MR) is 82.6 cm³/mol. The van der Waals surface area contributed by atoms with Gasteiger partial charge in [-0.25, -0.2) is 13.8 Å². The van der Waals surface area contributed by atoms with Crippen molar-refractivity contribution in [1.29, 1.82) is 0 Å². The van der Waals surface area contributed by atoms with Gasteiger partial charge in [-0.2, -0.15) is 0 Å². The van der Waals surface area contributed by atoms with Crippen LogP contribution in [-0.2, 0) is 13.0 Å². The molecule has 0 radical (unpaired) electrons. The molecule has 0 atom stereocenters. The molecule has 1 N–H and O–H groups in total. The van der Waals surface area contributed by atoms with Gasteiger partial charge in [0.25, 0.3) is 0 Å². The molecule has 2 aromatic rings. The topological polar surface area (TPSA) is 24.9 Å². The monoisotopic (exact) mass is 310 g/mol. The Balaban J connectivity index is 2.04. The van der Waals surface area contributed by atoms with Crippen molar-refractivity contribution in [1.82, 2.24) is 10.3 Å². The van der Waals surface area contributed by atoms with Crippen molar-refractivity contribution in [3.8, 4) is 0 Å². The summed E-state index contributed by atoms with van der Waals surface area (Å²) in [6, 6.07) is 3.68. The highest BCUT2D eigenvalue weighted by Gasteiger charge is 2.11. The van der Waals surface area contributed by atoms with Crippen LogP contribution in [0.25, 0.3) is 0 Å². The molecule has 1 aromatic carbocycles. The van der Waals surface area contributed by atoms with Gasteiger partial charge in [0.2, 0.25) is 0 Å². The fraction of sp³-hybridized carbons (Fsp3) is 0.438. The van der Waals surface area contributed by atoms with Crippen LogP contribution in [0.5, 0.6) is 0 Å². The first-order valence-corrected chi connectivity index (χ1v) is 7.87. The number of nitrogens with zero attached hydrogens (tertiary/aromatic N) is 1. The third-order valence-corrected chi connectivity index (χ3v) is 4.29. The van der Waals surface area contributed by atoms with Crippen LogP contribution in [0.2, 0.25) is 0 Å². The summed E-state index contributed by atoms with van der Waals surface area (Å²) in [4.78, 5) is 5.66. The molecule has 0 bridgehead atoms. The van der Waals surface area contributed by atoms with Crippen molar-refractivity contribution in [3.05, 3.63) is 51.0 Å². The minimum atomic E-state index is -0.551. The second-order valence-electron chi connectivity index (χ2n) is 5.55. The average Bonchev–Trinajstić information content (AvgIpc) is 2.73. The van der Waals surface area contributed by atoms with E-state index in [2.05, 4.69) is 24.1 Å². The minimum Gasteiger partial charge on any atom is -0.312 e. The van der Waals surface area contributed by atoms with Crippen LogP contribution in [0.1, 0.15) is 35.0 Å². The summed E-state index contributed by atoms with van der Waals surface area (Å²) >= 11 is 1.58. The highest BCUT2D eigenvalue weighted by atomic mass is 32.1. The molecule has 0 saturated heterocycles. The second kappa shape index (κ2) is 7.09. The van der Waals surface area contributed by atoms with Crippen LogP contribution >= 0.6 is 11.3 Å². The minimum absolute atomic E-state index is 0.405. The number of aryl methyl sites for hydroxylation is 1. The van der Waals surface area contributed by atoms with E-state index < -0.39 is 11.6 Å². The lowest BCUT2D eigenvalue weighted by Gasteiger charge is -2.05. The van der Waals surface area contributed by atoms with Crippen LogP contribution in [-0.4, -0.2) is 11.5 Å². The zero-order chi connectivity index (χ0) is 15.4. The number of rotatable bonds is 6. The van der Waals surface area contributed by atoms with Crippen molar-refractivity contribution in [3.63, 3.8) is 0 Å². The second-order valence-corrected chi connectivity index (χ2v) is 6.72. The summed E-state index contributed by atoms with van der Waals surface area (Å²) in [5.41, 5.74) is 1.46. The van der Waals surface area contributed by atoms with Gasteiger partial charge in [0.1, 0.15) is 11.6 Å². The number of thiazole rings is 1. The van der Waals surface area contributed by atoms with Gasteiger partial charge in [0, 0.05) is 23.9 Å². The number of aromatic nitrogens is 1. The number of hydrogen-bond donors (Lipinski definition) is 1. The molecule has 1 heterocycles. The van der Waals surface area contributed by atoms with Gasteiger partial charge in [-0.15, -0.1) is 11.3 Å². The van der Waals surface area contributed by atoms with Gasteiger partial charge in [0.05, 0.1) is 10.7 Å². The lowest BCUT2D eigenvalue weighted by molar-refractivity contribution is 0.554. The van der Waals surface area contributed by atoms with E-state index in [9.17, 15) is 8.78 Å². The molecule has 114 valence electrons. The number of halogens is 2. The number of hydrogen-bond acceptors (Lipinski definition) is 3. The van der Waals surface area contributed by atoms with Gasteiger partial charge < -0.3 is 5.32 Å². The van der Waals surface area contributed by atoms with Crippen molar-refractivity contribution >= 4 is 11.3 Å². The highest BCUT2D eigenvalue weighted by Crippen LogP contribution is 2.22. The molecule has 0 aliphatic carbocycles. The van der Waals surface area contributed by atoms with Gasteiger partial charge in [-0.05, 0) is 31.0 Å². The van der Waals surface area contributed by atoms with E-state index in [4.69, 9.17) is 0 Å². The molecule has 0 amide bonds. The molecule has 5 heteroatoms. The summed E-state index contributed by atoms with van der Waals surface area (Å²) in [6.07, 6.45) is 0.405. The molecular formula is C16H20F2N2S. The molecule has 2 nitrogen and oxygen atoms in total. The van der Waals surface area contributed by atoms with E-state index >= 15 is 0 Å². The highest BCUT2D eigenvalue weighted by molar-refractivity contribution is 7.11. The van der Waals surface area contributed by atoms with Gasteiger partial charge in [0.15, 0.2) is 0 Å². The maximum atomic E-state index is 13.7. The maximum absolute atomic E-state index is 13.7. The normalized spacial score (nSPS) is 11.3. The van der Waals surface area contributed by atoms with Crippen LogP contribution in [0.4, 0.5) is 8.78 Å². The van der Waals surface area contributed by atoms with Gasteiger partial charge >= 0.3 is 0 Å². The van der Waals surface area contributed by atoms with Crippen LogP contribution in [0.15, 0.2) is 18.2 Å². The maximum Gasteiger partial charge on any atom is 0.129 e. The third kappa shape index (κ3) is 4.58. The Bertz CT molecular complexity index is 608. The number of nitrogens with one attached hydrogen (secondary N) is 1. The van der Waals surface area contributed by atoms with Crippen LogP contribution < -0.4 is 5.32 Å². The first-order chi connectivity index (χ1) is 9.95. The van der Waals surface area contributed by atoms with Crippen molar-refractivity contribution in [2.45, 2.75) is 33.7 Å². The molecule has 2 rings (SSSR count). The van der Waals surface area contributed by atoms with E-state index in [1.54, 1.807) is 11.3 Å². The molecule has 0 aliphatic rings. The molecule has 1 aromatic heterocycles. The fourth-order valence-electron chi connectivity index (χ4n) is 2.03. The molecule has 21 heavy (non-hydrogen) atoms. The largest absolute Gasteiger partial charge is 0.312 e. The zero-order valence-electron chi connectivity index (χ0n) is 12.5. The Hall–Kier alpha value is -1.33. The third-order valence-electron chi connectivity index (χ3n) is 3.13. The number of benzene rings is 1. The van der Waals surface area contributed by atoms with E-state index in [-0.39, 0.29) is 0 Å². The standard InChI is InChI=1S/C16H20F2N2S/c1-10(2)8-19-9-15-11(3)20-16(21-15)6-12-4-5-13(17)7-14(12)18/h4-5,7,10,19H,6,8-9H2,1-3H3. The Morgan fingerprint density at radius 1 is 1.29 bits per heavy atom. The van der Waals surface area contributed by atoms with Crippen LogP contribution in [0.3, 0.4) is 0 Å². The molecule has 0 unspecified atom stereocenters. The summed E-state index contributed by atoms with van der Waals surface area (Å²) in [5, 5.41) is 4.25. The summed E-state index contributed by atoms with van der Waals surface area (Å²) in [6.45, 7) is 8.03. The zero-order valence-corrected chi connectivity index (χ0v) is 13.4. The fourth-order valence-corrected chi connectivity index (χ4v) is 3.09.